The predicted molar refractivity (Wildman–Crippen MR) is 76.1 cm³/mol. The van der Waals surface area contributed by atoms with Crippen molar-refractivity contribution in [3.05, 3.63) is 65.7 Å². The summed E-state index contributed by atoms with van der Waals surface area (Å²) in [7, 11) is 1.66. The largest absolute Gasteiger partial charge is 0.497 e. The maximum Gasteiger partial charge on any atom is 0.118 e. The summed E-state index contributed by atoms with van der Waals surface area (Å²) in [5.74, 6) is 0.855. The molecule has 2 aromatic carbocycles. The van der Waals surface area contributed by atoms with Crippen molar-refractivity contribution in [1.29, 1.82) is 0 Å². The molecule has 0 saturated heterocycles. The summed E-state index contributed by atoms with van der Waals surface area (Å²) >= 11 is 0. The third-order valence-electron chi connectivity index (χ3n) is 3.01. The highest BCUT2D eigenvalue weighted by molar-refractivity contribution is 5.27. The zero-order chi connectivity index (χ0) is 13.5. The molecule has 2 rings (SSSR count). The number of hydrogen-bond donors (Lipinski definition) is 2. The molecule has 0 spiro atoms. The van der Waals surface area contributed by atoms with Gasteiger partial charge in [-0.25, -0.2) is 0 Å². The third kappa shape index (κ3) is 4.09. The van der Waals surface area contributed by atoms with Gasteiger partial charge in [0, 0.05) is 13.1 Å². The molecule has 0 aliphatic rings. The average molecular weight is 257 g/mol. The minimum atomic E-state index is -0.473. The standard InChI is InChI=1S/C16H19NO2/c1-19-15-9-7-13(8-10-15)11-17-12-16(18)14-5-3-2-4-6-14/h2-10,16-18H,11-12H2,1H3/t16-/m1/s1. The summed E-state index contributed by atoms with van der Waals surface area (Å²) in [6.45, 7) is 1.27. The van der Waals surface area contributed by atoms with Crippen LogP contribution in [-0.4, -0.2) is 18.8 Å². The van der Waals surface area contributed by atoms with Gasteiger partial charge in [-0.3, -0.25) is 0 Å². The van der Waals surface area contributed by atoms with Gasteiger partial charge in [0.1, 0.15) is 5.75 Å². The first kappa shape index (κ1) is 13.6. The van der Waals surface area contributed by atoms with E-state index in [0.717, 1.165) is 17.9 Å². The van der Waals surface area contributed by atoms with Crippen LogP contribution in [0.5, 0.6) is 5.75 Å². The summed E-state index contributed by atoms with van der Waals surface area (Å²) in [4.78, 5) is 0. The molecule has 0 aliphatic heterocycles. The number of nitrogens with one attached hydrogen (secondary N) is 1. The second-order valence-corrected chi connectivity index (χ2v) is 4.41. The summed E-state index contributed by atoms with van der Waals surface area (Å²) in [6.07, 6.45) is -0.473. The summed E-state index contributed by atoms with van der Waals surface area (Å²) in [6, 6.07) is 17.6. The van der Waals surface area contributed by atoms with Gasteiger partial charge in [-0.1, -0.05) is 42.5 Å². The second-order valence-electron chi connectivity index (χ2n) is 4.41. The number of aliphatic hydroxyl groups is 1. The molecule has 2 N–H and O–H groups in total. The Morgan fingerprint density at radius 3 is 2.37 bits per heavy atom. The van der Waals surface area contributed by atoms with Crippen molar-refractivity contribution in [1.82, 2.24) is 5.32 Å². The highest BCUT2D eigenvalue weighted by atomic mass is 16.5. The van der Waals surface area contributed by atoms with E-state index in [0.29, 0.717) is 6.54 Å². The van der Waals surface area contributed by atoms with Gasteiger partial charge >= 0.3 is 0 Å². The predicted octanol–water partition coefficient (Wildman–Crippen LogP) is 2.52. The Kier molecular flexibility index (Phi) is 4.95. The molecule has 0 heterocycles. The normalized spacial score (nSPS) is 12.1. The molecule has 0 amide bonds. The van der Waals surface area contributed by atoms with Crippen molar-refractivity contribution in [3.63, 3.8) is 0 Å². The van der Waals surface area contributed by atoms with Gasteiger partial charge in [0.15, 0.2) is 0 Å². The van der Waals surface area contributed by atoms with E-state index in [1.165, 1.54) is 5.56 Å². The fourth-order valence-corrected chi connectivity index (χ4v) is 1.89. The molecule has 100 valence electrons. The van der Waals surface area contributed by atoms with Crippen LogP contribution < -0.4 is 10.1 Å². The first-order valence-electron chi connectivity index (χ1n) is 6.36. The molecule has 0 saturated carbocycles. The van der Waals surface area contributed by atoms with Crippen LogP contribution in [0.25, 0.3) is 0 Å². The minimum absolute atomic E-state index is 0.473. The van der Waals surface area contributed by atoms with E-state index in [4.69, 9.17) is 4.74 Å². The van der Waals surface area contributed by atoms with Gasteiger partial charge in [0.2, 0.25) is 0 Å². The molecule has 1 atom stereocenters. The van der Waals surface area contributed by atoms with Crippen LogP contribution in [0.3, 0.4) is 0 Å². The number of aliphatic hydroxyl groups excluding tert-OH is 1. The molecule has 19 heavy (non-hydrogen) atoms. The Hall–Kier alpha value is -1.84. The van der Waals surface area contributed by atoms with Gasteiger partial charge in [0.05, 0.1) is 13.2 Å². The lowest BCUT2D eigenvalue weighted by molar-refractivity contribution is 0.174. The number of ether oxygens (including phenoxy) is 1. The van der Waals surface area contributed by atoms with Crippen LogP contribution in [0.4, 0.5) is 0 Å². The van der Waals surface area contributed by atoms with Gasteiger partial charge in [-0.15, -0.1) is 0 Å². The lowest BCUT2D eigenvalue weighted by atomic mass is 10.1. The number of rotatable bonds is 6. The Morgan fingerprint density at radius 1 is 1.05 bits per heavy atom. The van der Waals surface area contributed by atoms with Crippen LogP contribution in [0, 0.1) is 0 Å². The molecule has 0 radical (unpaired) electrons. The molecule has 3 heteroatoms. The topological polar surface area (TPSA) is 41.5 Å². The molecule has 0 aliphatic carbocycles. The van der Waals surface area contributed by atoms with E-state index < -0.39 is 6.10 Å². The molecule has 0 aromatic heterocycles. The van der Waals surface area contributed by atoms with Crippen molar-refractivity contribution < 1.29 is 9.84 Å². The first-order chi connectivity index (χ1) is 9.29. The lowest BCUT2D eigenvalue weighted by Gasteiger charge is -2.12. The third-order valence-corrected chi connectivity index (χ3v) is 3.01. The molecule has 0 unspecified atom stereocenters. The SMILES string of the molecule is COc1ccc(CNC[C@@H](O)c2ccccc2)cc1. The lowest BCUT2D eigenvalue weighted by Crippen LogP contribution is -2.20. The molecular formula is C16H19NO2. The van der Waals surface area contributed by atoms with Crippen molar-refractivity contribution in [2.75, 3.05) is 13.7 Å². The highest BCUT2D eigenvalue weighted by Crippen LogP contribution is 2.12. The summed E-state index contributed by atoms with van der Waals surface area (Å²) in [5, 5.41) is 13.2. The van der Waals surface area contributed by atoms with Crippen LogP contribution in [-0.2, 0) is 6.54 Å². The molecule has 0 fully saturated rings. The van der Waals surface area contributed by atoms with Gasteiger partial charge in [-0.2, -0.15) is 0 Å². The summed E-state index contributed by atoms with van der Waals surface area (Å²) in [5.41, 5.74) is 2.10. The molecule has 2 aromatic rings. The van der Waals surface area contributed by atoms with E-state index >= 15 is 0 Å². The van der Waals surface area contributed by atoms with Crippen molar-refractivity contribution in [2.45, 2.75) is 12.6 Å². The van der Waals surface area contributed by atoms with Gasteiger partial charge in [0.25, 0.3) is 0 Å². The zero-order valence-corrected chi connectivity index (χ0v) is 11.0. The quantitative estimate of drug-likeness (QED) is 0.835. The smallest absolute Gasteiger partial charge is 0.118 e. The Labute approximate surface area is 113 Å². The van der Waals surface area contributed by atoms with Crippen LogP contribution in [0.2, 0.25) is 0 Å². The zero-order valence-electron chi connectivity index (χ0n) is 11.0. The number of benzene rings is 2. The van der Waals surface area contributed by atoms with Gasteiger partial charge < -0.3 is 15.2 Å². The Bertz CT molecular complexity index is 482. The van der Waals surface area contributed by atoms with E-state index in [1.807, 2.05) is 54.6 Å². The average Bonchev–Trinajstić information content (AvgIpc) is 2.49. The number of hydrogen-bond acceptors (Lipinski definition) is 3. The molecular weight excluding hydrogens is 238 g/mol. The fourth-order valence-electron chi connectivity index (χ4n) is 1.89. The summed E-state index contributed by atoms with van der Waals surface area (Å²) < 4.78 is 5.11. The number of methoxy groups -OCH3 is 1. The maximum absolute atomic E-state index is 10.00. The van der Waals surface area contributed by atoms with E-state index in [2.05, 4.69) is 5.32 Å². The van der Waals surface area contributed by atoms with Crippen LogP contribution >= 0.6 is 0 Å². The van der Waals surface area contributed by atoms with Gasteiger partial charge in [-0.05, 0) is 23.3 Å². The Morgan fingerprint density at radius 2 is 1.74 bits per heavy atom. The van der Waals surface area contributed by atoms with Crippen molar-refractivity contribution >= 4 is 0 Å². The highest BCUT2D eigenvalue weighted by Gasteiger charge is 2.05. The van der Waals surface area contributed by atoms with Crippen LogP contribution in [0.15, 0.2) is 54.6 Å². The van der Waals surface area contributed by atoms with E-state index in [1.54, 1.807) is 7.11 Å². The van der Waals surface area contributed by atoms with Crippen molar-refractivity contribution in [2.24, 2.45) is 0 Å². The molecule has 0 bridgehead atoms. The van der Waals surface area contributed by atoms with E-state index in [-0.39, 0.29) is 0 Å². The monoisotopic (exact) mass is 257 g/mol. The minimum Gasteiger partial charge on any atom is -0.497 e. The van der Waals surface area contributed by atoms with E-state index in [9.17, 15) is 5.11 Å². The Balaban J connectivity index is 1.79. The van der Waals surface area contributed by atoms with Crippen LogP contribution in [0.1, 0.15) is 17.2 Å². The maximum atomic E-state index is 10.00. The first-order valence-corrected chi connectivity index (χ1v) is 6.36. The molecule has 3 nitrogen and oxygen atoms in total. The fraction of sp³-hybridized carbons (Fsp3) is 0.250. The second kappa shape index (κ2) is 6.92. The van der Waals surface area contributed by atoms with Crippen molar-refractivity contribution in [3.8, 4) is 5.75 Å².